The summed E-state index contributed by atoms with van der Waals surface area (Å²) in [5, 5.41) is 10.7. The number of hydrogen-bond acceptors (Lipinski definition) is 4. The van der Waals surface area contributed by atoms with Gasteiger partial charge in [-0.2, -0.15) is 0 Å². The molecule has 2 aromatic rings. The molecule has 1 aliphatic rings. The molecule has 5 heteroatoms. The molecule has 2 aromatic carbocycles. The number of non-ortho nitro benzene ring substituents is 1. The highest BCUT2D eigenvalue weighted by atomic mass is 16.6. The molecule has 0 bridgehead atoms. The van der Waals surface area contributed by atoms with Crippen LogP contribution in [0.2, 0.25) is 0 Å². The number of hydrogen-bond donors (Lipinski definition) is 0. The largest absolute Gasteiger partial charge is 0.369 e. The summed E-state index contributed by atoms with van der Waals surface area (Å²) in [6.07, 6.45) is 0. The Hall–Kier alpha value is -2.40. The van der Waals surface area contributed by atoms with E-state index in [1.165, 1.54) is 11.3 Å². The average molecular weight is 311 g/mol. The first-order chi connectivity index (χ1) is 11.1. The number of aryl methyl sites for hydroxylation is 1. The van der Waals surface area contributed by atoms with E-state index < -0.39 is 0 Å². The summed E-state index contributed by atoms with van der Waals surface area (Å²) in [7, 11) is 0. The lowest BCUT2D eigenvalue weighted by atomic mass is 10.1. The van der Waals surface area contributed by atoms with Gasteiger partial charge in [0, 0.05) is 50.5 Å². The molecule has 5 nitrogen and oxygen atoms in total. The van der Waals surface area contributed by atoms with Gasteiger partial charge in [0.15, 0.2) is 0 Å². The zero-order valence-electron chi connectivity index (χ0n) is 13.3. The number of nitrogens with zero attached hydrogens (tertiary/aromatic N) is 3. The molecule has 3 rings (SSSR count). The number of nitro benzene ring substituents is 1. The molecule has 0 radical (unpaired) electrons. The molecule has 0 unspecified atom stereocenters. The predicted octanol–water partition coefficient (Wildman–Crippen LogP) is 3.23. The first-order valence-corrected chi connectivity index (χ1v) is 7.90. The highest BCUT2D eigenvalue weighted by Gasteiger charge is 2.18. The lowest BCUT2D eigenvalue weighted by Gasteiger charge is -2.36. The second kappa shape index (κ2) is 6.79. The molecule has 0 N–H and O–H groups in total. The van der Waals surface area contributed by atoms with Crippen LogP contribution in [0.4, 0.5) is 11.4 Å². The lowest BCUT2D eigenvalue weighted by molar-refractivity contribution is -0.384. The van der Waals surface area contributed by atoms with Gasteiger partial charge in [-0.1, -0.05) is 30.3 Å². The van der Waals surface area contributed by atoms with E-state index in [9.17, 15) is 10.1 Å². The topological polar surface area (TPSA) is 49.6 Å². The van der Waals surface area contributed by atoms with E-state index in [0.29, 0.717) is 0 Å². The van der Waals surface area contributed by atoms with Crippen LogP contribution in [0.15, 0.2) is 48.5 Å². The SMILES string of the molecule is Cc1ccccc1N1CCN(Cc2ccc([N+](=O)[O-])cc2)CC1. The highest BCUT2D eigenvalue weighted by Crippen LogP contribution is 2.21. The molecule has 0 spiro atoms. The minimum atomic E-state index is -0.356. The van der Waals surface area contributed by atoms with Crippen LogP contribution in [0.3, 0.4) is 0 Å². The van der Waals surface area contributed by atoms with Gasteiger partial charge in [0.25, 0.3) is 5.69 Å². The summed E-state index contributed by atoms with van der Waals surface area (Å²) in [4.78, 5) is 15.2. The minimum Gasteiger partial charge on any atom is -0.369 e. The number of para-hydroxylation sites is 1. The van der Waals surface area contributed by atoms with Gasteiger partial charge in [-0.25, -0.2) is 0 Å². The molecule has 0 amide bonds. The summed E-state index contributed by atoms with van der Waals surface area (Å²) in [6.45, 7) is 7.03. The highest BCUT2D eigenvalue weighted by molar-refractivity contribution is 5.53. The fourth-order valence-electron chi connectivity index (χ4n) is 3.05. The fourth-order valence-corrected chi connectivity index (χ4v) is 3.05. The molecule has 0 atom stereocenters. The van der Waals surface area contributed by atoms with Crippen LogP contribution in [0.25, 0.3) is 0 Å². The lowest BCUT2D eigenvalue weighted by Crippen LogP contribution is -2.46. The zero-order valence-corrected chi connectivity index (χ0v) is 13.3. The van der Waals surface area contributed by atoms with Crippen LogP contribution in [-0.2, 0) is 6.54 Å². The van der Waals surface area contributed by atoms with Crippen LogP contribution in [0.1, 0.15) is 11.1 Å². The van der Waals surface area contributed by atoms with E-state index in [4.69, 9.17) is 0 Å². The summed E-state index contributed by atoms with van der Waals surface area (Å²) >= 11 is 0. The van der Waals surface area contributed by atoms with Crippen molar-refractivity contribution < 1.29 is 4.92 Å². The Morgan fingerprint density at radius 3 is 2.26 bits per heavy atom. The Balaban J connectivity index is 1.57. The van der Waals surface area contributed by atoms with Crippen molar-refractivity contribution in [3.63, 3.8) is 0 Å². The molecule has 1 heterocycles. The minimum absolute atomic E-state index is 0.151. The van der Waals surface area contributed by atoms with Gasteiger partial charge in [0.05, 0.1) is 4.92 Å². The number of piperazine rings is 1. The first-order valence-electron chi connectivity index (χ1n) is 7.90. The number of anilines is 1. The predicted molar refractivity (Wildman–Crippen MR) is 91.8 cm³/mol. The zero-order chi connectivity index (χ0) is 16.2. The fraction of sp³-hybridized carbons (Fsp3) is 0.333. The van der Waals surface area contributed by atoms with Crippen molar-refractivity contribution in [2.45, 2.75) is 13.5 Å². The van der Waals surface area contributed by atoms with Crippen molar-refractivity contribution in [2.24, 2.45) is 0 Å². The third-order valence-corrected chi connectivity index (χ3v) is 4.38. The van der Waals surface area contributed by atoms with E-state index in [2.05, 4.69) is 41.0 Å². The Morgan fingerprint density at radius 1 is 1.00 bits per heavy atom. The monoisotopic (exact) mass is 311 g/mol. The number of benzene rings is 2. The molecule has 1 aliphatic heterocycles. The third-order valence-electron chi connectivity index (χ3n) is 4.38. The quantitative estimate of drug-likeness (QED) is 0.642. The molecule has 120 valence electrons. The Morgan fingerprint density at radius 2 is 1.65 bits per heavy atom. The van der Waals surface area contributed by atoms with Gasteiger partial charge in [-0.3, -0.25) is 15.0 Å². The third kappa shape index (κ3) is 3.68. The van der Waals surface area contributed by atoms with Gasteiger partial charge < -0.3 is 4.90 Å². The Bertz CT molecular complexity index is 677. The van der Waals surface area contributed by atoms with Crippen LogP contribution in [0, 0.1) is 17.0 Å². The molecule has 1 saturated heterocycles. The van der Waals surface area contributed by atoms with Gasteiger partial charge in [-0.05, 0) is 24.1 Å². The normalized spacial score (nSPS) is 15.6. The summed E-state index contributed by atoms with van der Waals surface area (Å²) in [6, 6.07) is 15.4. The van der Waals surface area contributed by atoms with E-state index >= 15 is 0 Å². The van der Waals surface area contributed by atoms with E-state index in [0.717, 1.165) is 38.3 Å². The molecular weight excluding hydrogens is 290 g/mol. The molecule has 1 fully saturated rings. The molecular formula is C18H21N3O2. The van der Waals surface area contributed by atoms with Crippen LogP contribution < -0.4 is 4.90 Å². The maximum absolute atomic E-state index is 10.7. The summed E-state index contributed by atoms with van der Waals surface area (Å²) in [5.41, 5.74) is 3.91. The summed E-state index contributed by atoms with van der Waals surface area (Å²) in [5.74, 6) is 0. The van der Waals surface area contributed by atoms with Crippen molar-refractivity contribution in [1.29, 1.82) is 0 Å². The van der Waals surface area contributed by atoms with Gasteiger partial charge in [0.1, 0.15) is 0 Å². The van der Waals surface area contributed by atoms with Gasteiger partial charge in [0.2, 0.25) is 0 Å². The van der Waals surface area contributed by atoms with Crippen molar-refractivity contribution in [2.75, 3.05) is 31.1 Å². The van der Waals surface area contributed by atoms with E-state index in [1.807, 2.05) is 12.1 Å². The molecule has 0 saturated carbocycles. The average Bonchev–Trinajstić information content (AvgIpc) is 2.57. The molecule has 23 heavy (non-hydrogen) atoms. The maximum atomic E-state index is 10.7. The molecule has 0 aliphatic carbocycles. The standard InChI is InChI=1S/C18H21N3O2/c1-15-4-2-3-5-18(15)20-12-10-19(11-13-20)14-16-6-8-17(9-7-16)21(22)23/h2-9H,10-14H2,1H3. The maximum Gasteiger partial charge on any atom is 0.269 e. The van der Waals surface area contributed by atoms with E-state index in [-0.39, 0.29) is 10.6 Å². The first kappa shape index (κ1) is 15.5. The van der Waals surface area contributed by atoms with Gasteiger partial charge in [-0.15, -0.1) is 0 Å². The van der Waals surface area contributed by atoms with Crippen molar-refractivity contribution in [3.05, 3.63) is 69.8 Å². The van der Waals surface area contributed by atoms with Crippen molar-refractivity contribution >= 4 is 11.4 Å². The van der Waals surface area contributed by atoms with E-state index in [1.54, 1.807) is 12.1 Å². The summed E-state index contributed by atoms with van der Waals surface area (Å²) < 4.78 is 0. The Labute approximate surface area is 136 Å². The van der Waals surface area contributed by atoms with Crippen molar-refractivity contribution in [1.82, 2.24) is 4.90 Å². The van der Waals surface area contributed by atoms with Crippen LogP contribution in [0.5, 0.6) is 0 Å². The Kier molecular flexibility index (Phi) is 4.57. The molecule has 0 aromatic heterocycles. The van der Waals surface area contributed by atoms with Crippen LogP contribution in [-0.4, -0.2) is 36.0 Å². The van der Waals surface area contributed by atoms with Crippen molar-refractivity contribution in [3.8, 4) is 0 Å². The number of rotatable bonds is 4. The smallest absolute Gasteiger partial charge is 0.269 e. The van der Waals surface area contributed by atoms with Crippen LogP contribution >= 0.6 is 0 Å². The second-order valence-corrected chi connectivity index (χ2v) is 5.97. The van der Waals surface area contributed by atoms with Gasteiger partial charge >= 0.3 is 0 Å². The second-order valence-electron chi connectivity index (χ2n) is 5.97. The number of nitro groups is 1.